The molecule has 0 unspecified atom stereocenters. The Morgan fingerprint density at radius 2 is 1.57 bits per heavy atom. The Morgan fingerprint density at radius 1 is 0.964 bits per heavy atom. The van der Waals surface area contributed by atoms with Gasteiger partial charge in [-0.1, -0.05) is 60.7 Å². The highest BCUT2D eigenvalue weighted by Gasteiger charge is 2.27. The van der Waals surface area contributed by atoms with Crippen molar-refractivity contribution in [2.45, 2.75) is 32.2 Å². The molecule has 28 heavy (non-hydrogen) atoms. The zero-order valence-electron chi connectivity index (χ0n) is 16.6. The van der Waals surface area contributed by atoms with E-state index in [2.05, 4.69) is 40.3 Å². The summed E-state index contributed by atoms with van der Waals surface area (Å²) in [6.45, 7) is 5.12. The molecule has 1 aromatic heterocycles. The maximum absolute atomic E-state index is 13.0. The van der Waals surface area contributed by atoms with Crippen molar-refractivity contribution in [2.24, 2.45) is 7.05 Å². The molecule has 4 nitrogen and oxygen atoms in total. The number of piperidine rings is 1. The zero-order chi connectivity index (χ0) is 19.5. The molecule has 0 radical (unpaired) electrons. The van der Waals surface area contributed by atoms with Crippen LogP contribution < -0.4 is 5.56 Å². The van der Waals surface area contributed by atoms with E-state index >= 15 is 0 Å². The van der Waals surface area contributed by atoms with Gasteiger partial charge in [-0.25, -0.2) is 4.68 Å². The number of nitrogens with zero attached hydrogens (tertiary/aromatic N) is 3. The Hall–Kier alpha value is -2.72. The second-order valence-electron chi connectivity index (χ2n) is 7.70. The molecule has 1 aliphatic heterocycles. The summed E-state index contributed by atoms with van der Waals surface area (Å²) in [5, 5.41) is 4.51. The fourth-order valence-electron chi connectivity index (χ4n) is 4.39. The third kappa shape index (κ3) is 3.78. The highest BCUT2D eigenvalue weighted by molar-refractivity contribution is 5.67. The van der Waals surface area contributed by atoms with Gasteiger partial charge in [0, 0.05) is 13.6 Å². The lowest BCUT2D eigenvalue weighted by molar-refractivity contribution is 0.204. The average molecular weight is 374 g/mol. The minimum Gasteiger partial charge on any atom is -0.299 e. The second kappa shape index (κ2) is 8.11. The van der Waals surface area contributed by atoms with Gasteiger partial charge in [0.25, 0.3) is 5.56 Å². The van der Waals surface area contributed by atoms with E-state index < -0.39 is 0 Å². The van der Waals surface area contributed by atoms with E-state index in [0.717, 1.165) is 54.9 Å². The fraction of sp³-hybridized carbons (Fsp3) is 0.333. The molecule has 1 fully saturated rings. The van der Waals surface area contributed by atoms with Crippen molar-refractivity contribution in [1.82, 2.24) is 14.7 Å². The summed E-state index contributed by atoms with van der Waals surface area (Å²) in [4.78, 5) is 15.5. The highest BCUT2D eigenvalue weighted by atomic mass is 16.1. The van der Waals surface area contributed by atoms with Gasteiger partial charge in [-0.2, -0.15) is 5.10 Å². The van der Waals surface area contributed by atoms with Crippen LogP contribution in [0.1, 0.15) is 35.6 Å². The second-order valence-corrected chi connectivity index (χ2v) is 7.70. The van der Waals surface area contributed by atoms with E-state index in [-0.39, 0.29) is 5.56 Å². The molecular formula is C24H27N3O. The van der Waals surface area contributed by atoms with Crippen molar-refractivity contribution in [2.75, 3.05) is 13.1 Å². The average Bonchev–Trinajstić information content (AvgIpc) is 2.73. The van der Waals surface area contributed by atoms with Crippen molar-refractivity contribution >= 4 is 0 Å². The number of likely N-dealkylation sites (tertiary alicyclic amines) is 1. The molecule has 1 saturated heterocycles. The number of aromatic nitrogens is 2. The summed E-state index contributed by atoms with van der Waals surface area (Å²) >= 11 is 0. The summed E-state index contributed by atoms with van der Waals surface area (Å²) in [5.41, 5.74) is 5.31. The first-order chi connectivity index (χ1) is 13.6. The molecule has 0 amide bonds. The van der Waals surface area contributed by atoms with Crippen LogP contribution in [-0.4, -0.2) is 27.8 Å². The normalized spacial score (nSPS) is 15.6. The first kappa shape index (κ1) is 18.6. The van der Waals surface area contributed by atoms with Gasteiger partial charge in [-0.3, -0.25) is 9.69 Å². The maximum atomic E-state index is 13.0. The monoisotopic (exact) mass is 373 g/mol. The van der Waals surface area contributed by atoms with Crippen molar-refractivity contribution in [3.63, 3.8) is 0 Å². The summed E-state index contributed by atoms with van der Waals surface area (Å²) < 4.78 is 1.48. The number of rotatable bonds is 4. The third-order valence-electron chi connectivity index (χ3n) is 5.77. The molecule has 0 atom stereocenters. The van der Waals surface area contributed by atoms with Gasteiger partial charge >= 0.3 is 0 Å². The number of hydrogen-bond acceptors (Lipinski definition) is 3. The summed E-state index contributed by atoms with van der Waals surface area (Å²) in [7, 11) is 1.74. The van der Waals surface area contributed by atoms with Gasteiger partial charge in [0.05, 0.1) is 11.3 Å². The van der Waals surface area contributed by atoms with Crippen LogP contribution >= 0.6 is 0 Å². The molecule has 0 bridgehead atoms. The van der Waals surface area contributed by atoms with Crippen LogP contribution in [0.15, 0.2) is 65.5 Å². The smallest absolute Gasteiger partial charge is 0.274 e. The van der Waals surface area contributed by atoms with Crippen molar-refractivity contribution in [1.29, 1.82) is 0 Å². The molecule has 4 rings (SSSR count). The maximum Gasteiger partial charge on any atom is 0.274 e. The standard InChI is InChI=1S/C24H27N3O/c1-18-22(23(24(28)26(2)25-18)20-11-7-4-8-12-20)21-13-15-27(16-14-21)17-19-9-5-3-6-10-19/h3-12,21H,13-17H2,1-2H3. The Morgan fingerprint density at radius 3 is 2.21 bits per heavy atom. The molecule has 0 aliphatic carbocycles. The molecular weight excluding hydrogens is 346 g/mol. The zero-order valence-corrected chi connectivity index (χ0v) is 16.6. The van der Waals surface area contributed by atoms with Gasteiger partial charge in [0.1, 0.15) is 0 Å². The van der Waals surface area contributed by atoms with Gasteiger partial charge < -0.3 is 0 Å². The Kier molecular flexibility index (Phi) is 5.40. The molecule has 0 spiro atoms. The number of hydrogen-bond donors (Lipinski definition) is 0. The van der Waals surface area contributed by atoms with Gasteiger partial charge in [-0.05, 0) is 55.5 Å². The molecule has 4 heteroatoms. The highest BCUT2D eigenvalue weighted by Crippen LogP contribution is 2.35. The van der Waals surface area contributed by atoms with Crippen LogP contribution in [0.3, 0.4) is 0 Å². The van der Waals surface area contributed by atoms with E-state index in [1.54, 1.807) is 7.05 Å². The number of aryl methyl sites for hydroxylation is 2. The van der Waals surface area contributed by atoms with Crippen LogP contribution in [0.2, 0.25) is 0 Å². The van der Waals surface area contributed by atoms with Crippen LogP contribution in [0.4, 0.5) is 0 Å². The topological polar surface area (TPSA) is 38.1 Å². The van der Waals surface area contributed by atoms with Crippen molar-refractivity contribution in [3.8, 4) is 11.1 Å². The van der Waals surface area contributed by atoms with Crippen molar-refractivity contribution in [3.05, 3.63) is 87.8 Å². The van der Waals surface area contributed by atoms with Gasteiger partial charge in [0.2, 0.25) is 0 Å². The van der Waals surface area contributed by atoms with Crippen LogP contribution in [0.5, 0.6) is 0 Å². The van der Waals surface area contributed by atoms with Crippen LogP contribution in [-0.2, 0) is 13.6 Å². The summed E-state index contributed by atoms with van der Waals surface area (Å²) in [6.07, 6.45) is 2.12. The Balaban J connectivity index is 1.60. The Labute approximate surface area is 166 Å². The predicted octanol–water partition coefficient (Wildman–Crippen LogP) is 4.14. The fourth-order valence-corrected chi connectivity index (χ4v) is 4.39. The lowest BCUT2D eigenvalue weighted by Crippen LogP contribution is -2.34. The van der Waals surface area contributed by atoms with E-state index in [0.29, 0.717) is 5.92 Å². The molecule has 0 N–H and O–H groups in total. The lowest BCUT2D eigenvalue weighted by atomic mass is 9.84. The first-order valence-electron chi connectivity index (χ1n) is 10.0. The van der Waals surface area contributed by atoms with E-state index in [1.165, 1.54) is 10.2 Å². The Bertz CT molecular complexity index is 988. The van der Waals surface area contributed by atoms with Gasteiger partial charge in [0.15, 0.2) is 0 Å². The quantitative estimate of drug-likeness (QED) is 0.690. The SMILES string of the molecule is Cc1nn(C)c(=O)c(-c2ccccc2)c1C1CCN(Cc2ccccc2)CC1. The first-order valence-corrected chi connectivity index (χ1v) is 10.0. The minimum absolute atomic E-state index is 0.00137. The summed E-state index contributed by atoms with van der Waals surface area (Å²) in [5.74, 6) is 0.378. The van der Waals surface area contributed by atoms with E-state index in [9.17, 15) is 4.79 Å². The van der Waals surface area contributed by atoms with Gasteiger partial charge in [-0.15, -0.1) is 0 Å². The summed E-state index contributed by atoms with van der Waals surface area (Å²) in [6, 6.07) is 20.7. The molecule has 0 saturated carbocycles. The molecule has 3 aromatic rings. The van der Waals surface area contributed by atoms with Crippen LogP contribution in [0.25, 0.3) is 11.1 Å². The van der Waals surface area contributed by atoms with Crippen molar-refractivity contribution < 1.29 is 0 Å². The molecule has 1 aliphatic rings. The minimum atomic E-state index is -0.00137. The number of benzene rings is 2. The lowest BCUT2D eigenvalue weighted by Gasteiger charge is -2.33. The van der Waals surface area contributed by atoms with Crippen LogP contribution in [0, 0.1) is 6.92 Å². The molecule has 2 heterocycles. The van der Waals surface area contributed by atoms with E-state index in [1.807, 2.05) is 37.3 Å². The third-order valence-corrected chi connectivity index (χ3v) is 5.77. The molecule has 2 aromatic carbocycles. The predicted molar refractivity (Wildman–Crippen MR) is 113 cm³/mol. The largest absolute Gasteiger partial charge is 0.299 e. The molecule has 144 valence electrons. The van der Waals surface area contributed by atoms with E-state index in [4.69, 9.17) is 0 Å².